The Morgan fingerprint density at radius 3 is 2.67 bits per heavy atom. The van der Waals surface area contributed by atoms with Crippen LogP contribution in [-0.2, 0) is 18.0 Å². The van der Waals surface area contributed by atoms with E-state index in [1.807, 2.05) is 0 Å². The van der Waals surface area contributed by atoms with Gasteiger partial charge in [0.15, 0.2) is 5.75 Å². The number of nitrogens with one attached hydrogen (secondary N) is 2. The maximum Gasteiger partial charge on any atom is 0.255 e. The average Bonchev–Trinajstić information content (AvgIpc) is 2.55. The zero-order valence-electron chi connectivity index (χ0n) is 13.4. The average molecular weight is 418 g/mol. The van der Waals surface area contributed by atoms with Crippen LogP contribution in [0.3, 0.4) is 0 Å². The molecule has 0 radical (unpaired) electrons. The molecule has 0 fully saturated rings. The van der Waals surface area contributed by atoms with Crippen molar-refractivity contribution in [2.75, 3.05) is 22.9 Å². The van der Waals surface area contributed by atoms with E-state index in [9.17, 15) is 13.4 Å². The molecule has 2 aromatic rings. The first kappa shape index (κ1) is 18.5. The van der Waals surface area contributed by atoms with E-state index < -0.39 is 16.8 Å². The van der Waals surface area contributed by atoms with Gasteiger partial charge in [-0.2, -0.15) is 0 Å². The van der Waals surface area contributed by atoms with Gasteiger partial charge in [0.05, 0.1) is 12.8 Å². The lowest BCUT2D eigenvalue weighted by Gasteiger charge is -2.19. The van der Waals surface area contributed by atoms with Gasteiger partial charge in [-0.1, -0.05) is 22.9 Å². The van der Waals surface area contributed by atoms with Gasteiger partial charge < -0.3 is 10.1 Å². The molecule has 2 rings (SSSR count). The summed E-state index contributed by atoms with van der Waals surface area (Å²) in [4.78, 5) is 12.1. The lowest BCUT2D eigenvalue weighted by atomic mass is 10.3. The summed E-state index contributed by atoms with van der Waals surface area (Å²) in [5.74, 6) is 0.336. The summed E-state index contributed by atoms with van der Waals surface area (Å²) >= 11 is 3.19. The lowest BCUT2D eigenvalue weighted by Crippen LogP contribution is -2.22. The quantitative estimate of drug-likeness (QED) is 0.756. The maximum absolute atomic E-state index is 14.1. The molecule has 1 heterocycles. The fraction of sp³-hybridized carbons (Fsp3) is 0.267. The second-order valence-electron chi connectivity index (χ2n) is 4.82. The lowest BCUT2D eigenvalue weighted by molar-refractivity contribution is 0.415. The SMILES string of the molecule is CCS(=O)Nc1c(OC)cc(=O)n(C)c1Nc1ccc(Br)cc1F. The number of ether oxygens (including phenoxy) is 1. The number of rotatable bonds is 6. The number of methoxy groups -OCH3 is 1. The number of aromatic nitrogens is 1. The summed E-state index contributed by atoms with van der Waals surface area (Å²) in [5, 5.41) is 2.87. The highest BCUT2D eigenvalue weighted by Gasteiger charge is 2.17. The van der Waals surface area contributed by atoms with Crippen molar-refractivity contribution in [2.24, 2.45) is 7.05 Å². The molecule has 130 valence electrons. The van der Waals surface area contributed by atoms with Crippen LogP contribution in [0.15, 0.2) is 33.5 Å². The van der Waals surface area contributed by atoms with Crippen LogP contribution >= 0.6 is 15.9 Å². The molecule has 1 aromatic heterocycles. The van der Waals surface area contributed by atoms with Gasteiger partial charge in [-0.15, -0.1) is 0 Å². The van der Waals surface area contributed by atoms with E-state index in [-0.39, 0.29) is 22.8 Å². The summed E-state index contributed by atoms with van der Waals surface area (Å²) < 4.78 is 35.9. The predicted molar refractivity (Wildman–Crippen MR) is 97.9 cm³/mol. The van der Waals surface area contributed by atoms with Gasteiger partial charge in [0.1, 0.15) is 28.3 Å². The second kappa shape index (κ2) is 7.80. The molecule has 1 aromatic carbocycles. The van der Waals surface area contributed by atoms with Crippen LogP contribution in [0.2, 0.25) is 0 Å². The topological polar surface area (TPSA) is 72.4 Å². The zero-order chi connectivity index (χ0) is 17.9. The molecule has 0 aliphatic carbocycles. The van der Waals surface area contributed by atoms with Crippen molar-refractivity contribution in [3.8, 4) is 5.75 Å². The summed E-state index contributed by atoms with van der Waals surface area (Å²) in [6, 6.07) is 5.78. The molecule has 0 saturated carbocycles. The van der Waals surface area contributed by atoms with Gasteiger partial charge in [0.25, 0.3) is 5.56 Å². The molecule has 24 heavy (non-hydrogen) atoms. The fourth-order valence-electron chi connectivity index (χ4n) is 1.99. The maximum atomic E-state index is 14.1. The Balaban J connectivity index is 2.59. The van der Waals surface area contributed by atoms with Crippen LogP contribution in [-0.4, -0.2) is 21.6 Å². The van der Waals surface area contributed by atoms with Gasteiger partial charge in [-0.3, -0.25) is 14.1 Å². The first-order chi connectivity index (χ1) is 11.4. The molecule has 2 N–H and O–H groups in total. The zero-order valence-corrected chi connectivity index (χ0v) is 15.8. The van der Waals surface area contributed by atoms with Crippen molar-refractivity contribution in [3.63, 3.8) is 0 Å². The Morgan fingerprint density at radius 2 is 2.08 bits per heavy atom. The first-order valence-electron chi connectivity index (χ1n) is 7.02. The Hall–Kier alpha value is -1.87. The molecule has 6 nitrogen and oxygen atoms in total. The highest BCUT2D eigenvalue weighted by molar-refractivity contribution is 9.10. The molecular formula is C15H17BrFN3O3S. The summed E-state index contributed by atoms with van der Waals surface area (Å²) in [6.07, 6.45) is 0. The van der Waals surface area contributed by atoms with Gasteiger partial charge >= 0.3 is 0 Å². The number of halogens is 2. The van der Waals surface area contributed by atoms with Crippen LogP contribution < -0.4 is 20.3 Å². The fourth-order valence-corrected chi connectivity index (χ4v) is 2.89. The summed E-state index contributed by atoms with van der Waals surface area (Å²) in [6.45, 7) is 1.75. The highest BCUT2D eigenvalue weighted by atomic mass is 79.9. The van der Waals surface area contributed by atoms with Gasteiger partial charge in [-0.25, -0.2) is 8.60 Å². The largest absolute Gasteiger partial charge is 0.494 e. The number of benzene rings is 1. The van der Waals surface area contributed by atoms with E-state index in [0.717, 1.165) is 0 Å². The molecule has 9 heteroatoms. The van der Waals surface area contributed by atoms with E-state index in [1.54, 1.807) is 13.0 Å². The monoisotopic (exact) mass is 417 g/mol. The predicted octanol–water partition coefficient (Wildman–Crippen LogP) is 3.13. The van der Waals surface area contributed by atoms with Crippen LogP contribution in [0.4, 0.5) is 21.6 Å². The summed E-state index contributed by atoms with van der Waals surface area (Å²) in [5.41, 5.74) is 0.147. The molecule has 0 saturated heterocycles. The third-order valence-electron chi connectivity index (χ3n) is 3.29. The Labute approximate surface area is 149 Å². The number of pyridine rings is 1. The summed E-state index contributed by atoms with van der Waals surface area (Å²) in [7, 11) is 1.56. The van der Waals surface area contributed by atoms with Crippen molar-refractivity contribution >= 4 is 44.1 Å². The van der Waals surface area contributed by atoms with Crippen molar-refractivity contribution < 1.29 is 13.3 Å². The third kappa shape index (κ3) is 3.96. The molecule has 0 aliphatic heterocycles. The normalized spacial score (nSPS) is 11.9. The Morgan fingerprint density at radius 1 is 1.38 bits per heavy atom. The molecule has 1 unspecified atom stereocenters. The van der Waals surface area contributed by atoms with Gasteiger partial charge in [0, 0.05) is 23.3 Å². The van der Waals surface area contributed by atoms with E-state index in [2.05, 4.69) is 26.0 Å². The minimum absolute atomic E-state index is 0.173. The number of hydrogen-bond donors (Lipinski definition) is 2. The molecule has 0 amide bonds. The minimum atomic E-state index is -1.37. The van der Waals surface area contributed by atoms with Gasteiger partial charge in [0.2, 0.25) is 0 Å². The highest BCUT2D eigenvalue weighted by Crippen LogP contribution is 2.34. The Bertz CT molecular complexity index is 841. The first-order valence-corrected chi connectivity index (χ1v) is 9.13. The van der Waals surface area contributed by atoms with Crippen molar-refractivity contribution in [1.29, 1.82) is 0 Å². The molecule has 0 spiro atoms. The van der Waals surface area contributed by atoms with Crippen molar-refractivity contribution in [1.82, 2.24) is 4.57 Å². The van der Waals surface area contributed by atoms with E-state index >= 15 is 0 Å². The standard InChI is InChI=1S/C15H17BrFN3O3S/c1-4-24(22)19-14-12(23-3)8-13(21)20(2)15(14)18-11-6-5-9(16)7-10(11)17/h5-8,18-19H,4H2,1-3H3. The third-order valence-corrected chi connectivity index (χ3v) is 4.74. The van der Waals surface area contributed by atoms with Crippen LogP contribution in [0.25, 0.3) is 0 Å². The van der Waals surface area contributed by atoms with Crippen LogP contribution in [0.1, 0.15) is 6.92 Å². The number of hydrogen-bond acceptors (Lipinski definition) is 4. The van der Waals surface area contributed by atoms with E-state index in [4.69, 9.17) is 4.74 Å². The van der Waals surface area contributed by atoms with Crippen molar-refractivity contribution in [3.05, 3.63) is 44.9 Å². The number of nitrogens with zero attached hydrogens (tertiary/aromatic N) is 1. The second-order valence-corrected chi connectivity index (χ2v) is 7.21. The smallest absolute Gasteiger partial charge is 0.255 e. The molecule has 0 bridgehead atoms. The number of anilines is 3. The van der Waals surface area contributed by atoms with Gasteiger partial charge in [-0.05, 0) is 18.2 Å². The van der Waals surface area contributed by atoms with Crippen LogP contribution in [0, 0.1) is 5.82 Å². The van der Waals surface area contributed by atoms with E-state index in [1.165, 1.54) is 36.9 Å². The minimum Gasteiger partial charge on any atom is -0.494 e. The van der Waals surface area contributed by atoms with E-state index in [0.29, 0.717) is 15.9 Å². The molecular weight excluding hydrogens is 401 g/mol. The van der Waals surface area contributed by atoms with Crippen molar-refractivity contribution in [2.45, 2.75) is 6.92 Å². The molecule has 0 aliphatic rings. The molecule has 1 atom stereocenters. The Kier molecular flexibility index (Phi) is 6.00. The van der Waals surface area contributed by atoms with Crippen LogP contribution in [0.5, 0.6) is 5.75 Å².